The Kier molecular flexibility index (Phi) is 10.8. The van der Waals surface area contributed by atoms with Crippen molar-refractivity contribution in [3.8, 4) is 0 Å². The van der Waals surface area contributed by atoms with E-state index in [1.165, 1.54) is 12.0 Å². The first-order valence-corrected chi connectivity index (χ1v) is 12.8. The summed E-state index contributed by atoms with van der Waals surface area (Å²) < 4.78 is 10.8. The maximum Gasteiger partial charge on any atom is 0.410 e. The summed E-state index contributed by atoms with van der Waals surface area (Å²) in [4.78, 5) is 43.8. The van der Waals surface area contributed by atoms with Gasteiger partial charge in [-0.05, 0) is 45.6 Å². The summed E-state index contributed by atoms with van der Waals surface area (Å²) in [6.45, 7) is 13.7. The molecule has 4 atom stereocenters. The number of hydrogen-bond acceptors (Lipinski definition) is 5. The summed E-state index contributed by atoms with van der Waals surface area (Å²) in [6.07, 6.45) is 7.43. The lowest BCUT2D eigenvalue weighted by Crippen LogP contribution is -2.58. The van der Waals surface area contributed by atoms with E-state index in [9.17, 15) is 14.4 Å². The Morgan fingerprint density at radius 3 is 2.39 bits per heavy atom. The molecule has 7 heteroatoms. The Morgan fingerprint density at radius 2 is 1.86 bits per heavy atom. The zero-order valence-electron chi connectivity index (χ0n) is 22.6. The number of rotatable bonds is 10. The zero-order chi connectivity index (χ0) is 26.9. The lowest BCUT2D eigenvalue weighted by atomic mass is 9.95. The van der Waals surface area contributed by atoms with Gasteiger partial charge in [-0.15, -0.1) is 6.58 Å². The number of carbonyl (C=O) groups excluding carboxylic acids is 3. The minimum atomic E-state index is -0.858. The van der Waals surface area contributed by atoms with Gasteiger partial charge in [0, 0.05) is 18.9 Å². The van der Waals surface area contributed by atoms with Gasteiger partial charge >= 0.3 is 12.1 Å². The highest BCUT2D eigenvalue weighted by atomic mass is 16.6. The Bertz CT molecular complexity index is 921. The molecule has 1 saturated heterocycles. The van der Waals surface area contributed by atoms with Gasteiger partial charge in [0.1, 0.15) is 17.7 Å². The van der Waals surface area contributed by atoms with E-state index in [0.29, 0.717) is 25.8 Å². The molecule has 1 aliphatic rings. The van der Waals surface area contributed by atoms with Crippen LogP contribution in [-0.2, 0) is 25.5 Å². The fourth-order valence-electron chi connectivity index (χ4n) is 4.59. The first-order valence-electron chi connectivity index (χ1n) is 12.8. The van der Waals surface area contributed by atoms with Crippen LogP contribution in [0.1, 0.15) is 59.4 Å². The number of carbonyl (C=O) groups is 3. The Balaban J connectivity index is 2.57. The minimum absolute atomic E-state index is 0.254. The fourth-order valence-corrected chi connectivity index (χ4v) is 4.59. The van der Waals surface area contributed by atoms with E-state index < -0.39 is 29.7 Å². The van der Waals surface area contributed by atoms with Crippen LogP contribution in [0.4, 0.5) is 4.79 Å². The van der Waals surface area contributed by atoms with Crippen LogP contribution in [0.3, 0.4) is 0 Å². The number of hydrogen-bond donors (Lipinski definition) is 0. The summed E-state index contributed by atoms with van der Waals surface area (Å²) in [5, 5.41) is 0. The number of benzene rings is 1. The first-order chi connectivity index (χ1) is 17.1. The van der Waals surface area contributed by atoms with E-state index in [2.05, 4.69) is 6.58 Å². The SMILES string of the molecule is C=C[C@@H]1CCN(C(=O)OC(C)(C)C)[C@H]1C(=O)N([C@H](Cc1ccccc1)C(=O)OC)[C@@H](/C=C/CC)CC. The molecule has 0 spiro atoms. The summed E-state index contributed by atoms with van der Waals surface area (Å²) in [7, 11) is 1.33. The first kappa shape index (κ1) is 29.1. The van der Waals surface area contributed by atoms with Crippen LogP contribution in [0, 0.1) is 5.92 Å². The van der Waals surface area contributed by atoms with E-state index >= 15 is 0 Å². The lowest BCUT2D eigenvalue weighted by molar-refractivity contribution is -0.156. The van der Waals surface area contributed by atoms with Gasteiger partial charge in [-0.2, -0.15) is 0 Å². The largest absolute Gasteiger partial charge is 0.467 e. The lowest BCUT2D eigenvalue weighted by Gasteiger charge is -2.39. The molecular formula is C29H42N2O5. The average molecular weight is 499 g/mol. The molecule has 2 amide bonds. The standard InChI is InChI=1S/C29H42N2O5/c1-8-11-17-23(10-3)31(24(27(33)35-7)20-21-15-13-12-14-16-21)26(32)25-22(9-2)18-19-30(25)28(34)36-29(4,5)6/h9,11-17,22-25H,2,8,10,18-20H2,1,3-7H3/b17-11+/t22-,23-,24-,25-/m1/s1. The van der Waals surface area contributed by atoms with Crippen molar-refractivity contribution in [2.45, 2.75) is 84.0 Å². The van der Waals surface area contributed by atoms with Crippen molar-refractivity contribution in [3.05, 3.63) is 60.7 Å². The van der Waals surface area contributed by atoms with Crippen molar-refractivity contribution in [3.63, 3.8) is 0 Å². The van der Waals surface area contributed by atoms with Crippen LogP contribution in [0.5, 0.6) is 0 Å². The predicted molar refractivity (Wildman–Crippen MR) is 141 cm³/mol. The maximum atomic E-state index is 14.4. The molecule has 0 radical (unpaired) electrons. The highest BCUT2D eigenvalue weighted by molar-refractivity contribution is 5.91. The molecule has 1 aliphatic heterocycles. The molecule has 198 valence electrons. The summed E-state index contributed by atoms with van der Waals surface area (Å²) >= 11 is 0. The smallest absolute Gasteiger partial charge is 0.410 e. The van der Waals surface area contributed by atoms with Crippen LogP contribution in [0.15, 0.2) is 55.1 Å². The second kappa shape index (κ2) is 13.3. The van der Waals surface area contributed by atoms with E-state index in [1.54, 1.807) is 31.7 Å². The molecule has 2 rings (SSSR count). The van der Waals surface area contributed by atoms with Crippen LogP contribution in [0.2, 0.25) is 0 Å². The number of nitrogens with zero attached hydrogens (tertiary/aromatic N) is 2. The molecular weight excluding hydrogens is 456 g/mol. The molecule has 1 aromatic carbocycles. The molecule has 7 nitrogen and oxygen atoms in total. The van der Waals surface area contributed by atoms with Gasteiger partial charge in [0.25, 0.3) is 0 Å². The molecule has 1 fully saturated rings. The number of allylic oxidation sites excluding steroid dienone is 1. The molecule has 36 heavy (non-hydrogen) atoms. The molecule has 0 bridgehead atoms. The molecule has 1 aromatic rings. The number of ether oxygens (including phenoxy) is 2. The van der Waals surface area contributed by atoms with Crippen molar-refractivity contribution < 1.29 is 23.9 Å². The third-order valence-electron chi connectivity index (χ3n) is 6.33. The molecule has 0 unspecified atom stereocenters. The summed E-state index contributed by atoms with van der Waals surface area (Å²) in [6, 6.07) is 7.54. The predicted octanol–water partition coefficient (Wildman–Crippen LogP) is 5.16. The number of esters is 1. The van der Waals surface area contributed by atoms with E-state index in [1.807, 2.05) is 56.3 Å². The quantitative estimate of drug-likeness (QED) is 0.329. The highest BCUT2D eigenvalue weighted by Crippen LogP contribution is 2.31. The Morgan fingerprint density at radius 1 is 1.19 bits per heavy atom. The monoisotopic (exact) mass is 498 g/mol. The Hall–Kier alpha value is -3.09. The van der Waals surface area contributed by atoms with Crippen LogP contribution >= 0.6 is 0 Å². The van der Waals surface area contributed by atoms with Crippen LogP contribution in [0.25, 0.3) is 0 Å². The number of amides is 2. The van der Waals surface area contributed by atoms with E-state index in [4.69, 9.17) is 9.47 Å². The number of methoxy groups -OCH3 is 1. The molecule has 1 heterocycles. The van der Waals surface area contributed by atoms with Crippen molar-refractivity contribution in [1.82, 2.24) is 9.80 Å². The third-order valence-corrected chi connectivity index (χ3v) is 6.33. The van der Waals surface area contributed by atoms with E-state index in [-0.39, 0.29) is 17.9 Å². The van der Waals surface area contributed by atoms with Gasteiger partial charge in [-0.25, -0.2) is 9.59 Å². The average Bonchev–Trinajstić information content (AvgIpc) is 3.29. The van der Waals surface area contributed by atoms with Gasteiger partial charge in [-0.3, -0.25) is 9.69 Å². The van der Waals surface area contributed by atoms with Crippen molar-refractivity contribution in [1.29, 1.82) is 0 Å². The summed E-state index contributed by atoms with van der Waals surface area (Å²) in [5.74, 6) is -1.05. The van der Waals surface area contributed by atoms with Gasteiger partial charge in [0.05, 0.1) is 13.2 Å². The second-order valence-electron chi connectivity index (χ2n) is 10.1. The molecule has 0 aromatic heterocycles. The topological polar surface area (TPSA) is 76.2 Å². The molecule has 0 saturated carbocycles. The normalized spacial score (nSPS) is 19.6. The minimum Gasteiger partial charge on any atom is -0.467 e. The number of likely N-dealkylation sites (tertiary alicyclic amines) is 1. The molecule has 0 aliphatic carbocycles. The van der Waals surface area contributed by atoms with Crippen LogP contribution in [-0.4, -0.2) is 65.2 Å². The highest BCUT2D eigenvalue weighted by Gasteiger charge is 2.47. The van der Waals surface area contributed by atoms with E-state index in [0.717, 1.165) is 12.0 Å². The Labute approximate surface area is 216 Å². The van der Waals surface area contributed by atoms with Crippen molar-refractivity contribution >= 4 is 18.0 Å². The van der Waals surface area contributed by atoms with Crippen LogP contribution < -0.4 is 0 Å². The molecule has 0 N–H and O–H groups in total. The third kappa shape index (κ3) is 7.45. The zero-order valence-corrected chi connectivity index (χ0v) is 22.6. The van der Waals surface area contributed by atoms with Crippen molar-refractivity contribution in [2.75, 3.05) is 13.7 Å². The van der Waals surface area contributed by atoms with Crippen molar-refractivity contribution in [2.24, 2.45) is 5.92 Å². The summed E-state index contributed by atoms with van der Waals surface area (Å²) in [5.41, 5.74) is 0.213. The maximum absolute atomic E-state index is 14.4. The van der Waals surface area contributed by atoms with Gasteiger partial charge in [0.15, 0.2) is 0 Å². The van der Waals surface area contributed by atoms with Gasteiger partial charge < -0.3 is 14.4 Å². The second-order valence-corrected chi connectivity index (χ2v) is 10.1. The van der Waals surface area contributed by atoms with Gasteiger partial charge in [-0.1, -0.05) is 62.4 Å². The van der Waals surface area contributed by atoms with Gasteiger partial charge in [0.2, 0.25) is 5.91 Å². The fraction of sp³-hybridized carbons (Fsp3) is 0.552.